The molecule has 0 spiro atoms. The van der Waals surface area contributed by atoms with Crippen molar-refractivity contribution < 1.29 is 38.0 Å². The topological polar surface area (TPSA) is 26.3 Å². The number of hydrogen-bond donors (Lipinski definition) is 0. The highest BCUT2D eigenvalue weighted by Crippen LogP contribution is 2.22. The second kappa shape index (κ2) is 15.1. The van der Waals surface area contributed by atoms with Gasteiger partial charge in [-0.2, -0.15) is 0 Å². The van der Waals surface area contributed by atoms with Crippen LogP contribution < -0.4 is 24.0 Å². The largest absolute Gasteiger partial charge is 1.00 e. The molecule has 1 saturated heterocycles. The van der Waals surface area contributed by atoms with E-state index in [9.17, 15) is 4.79 Å². The van der Waals surface area contributed by atoms with E-state index in [-0.39, 0.29) is 36.0 Å². The Labute approximate surface area is 185 Å². The van der Waals surface area contributed by atoms with Crippen molar-refractivity contribution in [2.75, 3.05) is 26.2 Å². The van der Waals surface area contributed by atoms with Crippen LogP contribution in [0.4, 0.5) is 0 Å². The Morgan fingerprint density at radius 2 is 1.30 bits per heavy atom. The second-order valence-corrected chi connectivity index (χ2v) is 8.96. The predicted octanol–water partition coefficient (Wildman–Crippen LogP) is 3.01. The Balaban J connectivity index is 0.00000364. The summed E-state index contributed by atoms with van der Waals surface area (Å²) in [7, 11) is 0. The fourth-order valence-corrected chi connectivity index (χ4v) is 4.88. The first-order valence-corrected chi connectivity index (χ1v) is 11.8. The van der Waals surface area contributed by atoms with Gasteiger partial charge in [-0.05, 0) is 51.4 Å². The van der Waals surface area contributed by atoms with Crippen LogP contribution in [-0.2, 0) is 9.53 Å². The number of hydrogen-bond acceptors (Lipinski definition) is 2. The lowest BCUT2D eigenvalue weighted by atomic mass is 9.99. The van der Waals surface area contributed by atoms with E-state index in [0.717, 1.165) is 23.9 Å². The summed E-state index contributed by atoms with van der Waals surface area (Å²) < 4.78 is 7.05. The third kappa shape index (κ3) is 10.5. The molecule has 0 aromatic carbocycles. The highest BCUT2D eigenvalue weighted by Gasteiger charge is 2.33. The smallest absolute Gasteiger partial charge is 0.362 e. The lowest BCUT2D eigenvalue weighted by Crippen LogP contribution is -3.00. The first-order valence-electron chi connectivity index (χ1n) is 11.8. The van der Waals surface area contributed by atoms with E-state index in [4.69, 9.17) is 4.74 Å². The van der Waals surface area contributed by atoms with Gasteiger partial charge in [0.1, 0.15) is 6.10 Å². The van der Waals surface area contributed by atoms with Gasteiger partial charge in [0.2, 0.25) is 0 Å². The van der Waals surface area contributed by atoms with E-state index < -0.39 is 0 Å². The van der Waals surface area contributed by atoms with Crippen LogP contribution in [0.15, 0.2) is 0 Å². The molecule has 2 aliphatic rings. The summed E-state index contributed by atoms with van der Waals surface area (Å²) >= 11 is 0. The molecule has 27 heavy (non-hydrogen) atoms. The number of carbonyl (C=O) groups excluding carboxylic acids is 1. The summed E-state index contributed by atoms with van der Waals surface area (Å²) in [5, 5.41) is 0. The fourth-order valence-electron chi connectivity index (χ4n) is 4.88. The van der Waals surface area contributed by atoms with Gasteiger partial charge in [0.15, 0.2) is 6.54 Å². The molecule has 0 N–H and O–H groups in total. The Hall–Kier alpha value is 0.160. The van der Waals surface area contributed by atoms with Gasteiger partial charge in [-0.1, -0.05) is 58.3 Å². The number of ether oxygens (including phenoxy) is 1. The maximum Gasteiger partial charge on any atom is 0.362 e. The highest BCUT2D eigenvalue weighted by molar-refractivity contribution is 5.70. The number of rotatable bonds is 6. The fraction of sp³-hybridized carbons (Fsp3) is 0.957. The van der Waals surface area contributed by atoms with Crippen LogP contribution in [0.3, 0.4) is 0 Å². The number of nitrogens with zero attached hydrogens (tertiary/aromatic N) is 1. The maximum absolute atomic E-state index is 12.8. The highest BCUT2D eigenvalue weighted by atomic mass is 127. The molecule has 1 aliphatic heterocycles. The molecule has 0 bridgehead atoms. The van der Waals surface area contributed by atoms with Gasteiger partial charge in [-0.25, -0.2) is 4.79 Å². The molecule has 1 heterocycles. The average molecular weight is 494 g/mol. The van der Waals surface area contributed by atoms with Crippen LogP contribution in [-0.4, -0.2) is 42.7 Å². The lowest BCUT2D eigenvalue weighted by Gasteiger charge is -2.41. The Bertz CT molecular complexity index is 371. The van der Waals surface area contributed by atoms with Crippen molar-refractivity contribution in [1.82, 2.24) is 0 Å². The van der Waals surface area contributed by atoms with E-state index in [2.05, 4.69) is 6.92 Å². The zero-order valence-electron chi connectivity index (χ0n) is 17.9. The van der Waals surface area contributed by atoms with Gasteiger partial charge < -0.3 is 33.2 Å². The summed E-state index contributed by atoms with van der Waals surface area (Å²) in [5.41, 5.74) is 0. The minimum absolute atomic E-state index is 0. The lowest BCUT2D eigenvalue weighted by molar-refractivity contribution is -0.926. The van der Waals surface area contributed by atoms with Crippen molar-refractivity contribution in [3.63, 3.8) is 0 Å². The van der Waals surface area contributed by atoms with E-state index in [1.807, 2.05) is 0 Å². The average Bonchev–Trinajstić information content (AvgIpc) is 2.63. The molecule has 160 valence electrons. The van der Waals surface area contributed by atoms with Crippen molar-refractivity contribution in [2.45, 2.75) is 116 Å². The molecule has 0 unspecified atom stereocenters. The quantitative estimate of drug-likeness (QED) is 0.323. The van der Waals surface area contributed by atoms with E-state index >= 15 is 0 Å². The van der Waals surface area contributed by atoms with Crippen LogP contribution in [0.2, 0.25) is 0 Å². The molecule has 0 atom stereocenters. The number of quaternary nitrogens is 1. The van der Waals surface area contributed by atoms with Crippen molar-refractivity contribution in [2.24, 2.45) is 0 Å². The Morgan fingerprint density at radius 3 is 1.81 bits per heavy atom. The van der Waals surface area contributed by atoms with Gasteiger partial charge in [-0.15, -0.1) is 0 Å². The summed E-state index contributed by atoms with van der Waals surface area (Å²) in [4.78, 5) is 12.8. The maximum atomic E-state index is 12.8. The SMILES string of the molecule is CCCC[N+]1(CC(=O)OC2CCCCCCCCCCC2)CCCCC1.[I-]. The zero-order valence-corrected chi connectivity index (χ0v) is 20.0. The van der Waals surface area contributed by atoms with Crippen LogP contribution in [0.25, 0.3) is 0 Å². The molecular formula is C23H44INO2. The second-order valence-electron chi connectivity index (χ2n) is 8.96. The summed E-state index contributed by atoms with van der Waals surface area (Å²) in [6.07, 6.45) is 20.7. The molecule has 1 saturated carbocycles. The summed E-state index contributed by atoms with van der Waals surface area (Å²) in [5.74, 6) is 0.0834. The molecule has 2 rings (SSSR count). The number of esters is 1. The molecule has 4 heteroatoms. The number of piperidine rings is 1. The van der Waals surface area contributed by atoms with E-state index in [1.54, 1.807) is 0 Å². The molecule has 2 fully saturated rings. The molecule has 1 aliphatic carbocycles. The third-order valence-corrected chi connectivity index (χ3v) is 6.57. The van der Waals surface area contributed by atoms with Gasteiger partial charge in [0.05, 0.1) is 19.6 Å². The van der Waals surface area contributed by atoms with Gasteiger partial charge in [-0.3, -0.25) is 0 Å². The minimum Gasteiger partial charge on any atom is -1.00 e. The van der Waals surface area contributed by atoms with E-state index in [0.29, 0.717) is 6.54 Å². The van der Waals surface area contributed by atoms with Crippen LogP contribution in [0.5, 0.6) is 0 Å². The number of unbranched alkanes of at least 4 members (excludes halogenated alkanes) is 1. The zero-order chi connectivity index (χ0) is 18.5. The standard InChI is InChI=1S/C23H44NO2.HI/c1-2-3-18-24(19-14-11-15-20-24)21-23(25)26-22-16-12-9-7-5-4-6-8-10-13-17-22;/h22H,2-21H2,1H3;1H/q+1;/p-1. The number of halogens is 1. The number of carbonyl (C=O) groups is 1. The van der Waals surface area contributed by atoms with Gasteiger partial charge in [0.25, 0.3) is 0 Å². The monoisotopic (exact) mass is 493 g/mol. The summed E-state index contributed by atoms with van der Waals surface area (Å²) in [6, 6.07) is 0. The molecule has 0 radical (unpaired) electrons. The number of likely N-dealkylation sites (tertiary alicyclic amines) is 1. The predicted molar refractivity (Wildman–Crippen MR) is 109 cm³/mol. The van der Waals surface area contributed by atoms with Gasteiger partial charge in [0, 0.05) is 0 Å². The summed E-state index contributed by atoms with van der Waals surface area (Å²) in [6.45, 7) is 6.40. The van der Waals surface area contributed by atoms with Crippen molar-refractivity contribution in [1.29, 1.82) is 0 Å². The van der Waals surface area contributed by atoms with E-state index in [1.165, 1.54) is 103 Å². The Kier molecular flexibility index (Phi) is 14.1. The van der Waals surface area contributed by atoms with Crippen molar-refractivity contribution >= 4 is 5.97 Å². The van der Waals surface area contributed by atoms with Gasteiger partial charge >= 0.3 is 5.97 Å². The third-order valence-electron chi connectivity index (χ3n) is 6.57. The van der Waals surface area contributed by atoms with Crippen molar-refractivity contribution in [3.8, 4) is 0 Å². The molecular weight excluding hydrogens is 449 g/mol. The molecule has 0 aromatic rings. The van der Waals surface area contributed by atoms with Crippen LogP contribution >= 0.6 is 0 Å². The normalized spacial score (nSPS) is 22.7. The molecule has 0 aromatic heterocycles. The van der Waals surface area contributed by atoms with Crippen molar-refractivity contribution in [3.05, 3.63) is 0 Å². The molecule has 0 amide bonds. The van der Waals surface area contributed by atoms with Crippen LogP contribution in [0.1, 0.15) is 110 Å². The minimum atomic E-state index is 0. The first kappa shape index (κ1) is 25.2. The molecule has 3 nitrogen and oxygen atoms in total. The Morgan fingerprint density at radius 1 is 0.815 bits per heavy atom. The van der Waals surface area contributed by atoms with Crippen LogP contribution in [0, 0.1) is 0 Å². The first-order chi connectivity index (χ1) is 12.7.